The molecule has 4 aromatic carbocycles. The maximum atomic E-state index is 14.6. The highest BCUT2D eigenvalue weighted by Gasteiger charge is 2.50. The van der Waals surface area contributed by atoms with Crippen molar-refractivity contribution in [3.8, 4) is 0 Å². The second-order valence-electron chi connectivity index (χ2n) is 11.5. The molecular weight excluding hydrogens is 495 g/mol. The van der Waals surface area contributed by atoms with Gasteiger partial charge in [-0.2, -0.15) is 13.2 Å². The van der Waals surface area contributed by atoms with Crippen molar-refractivity contribution >= 4 is 65.5 Å². The van der Waals surface area contributed by atoms with Gasteiger partial charge in [0.2, 0.25) is 5.52 Å². The van der Waals surface area contributed by atoms with E-state index in [2.05, 4.69) is 39.0 Å². The number of pyridine rings is 2. The van der Waals surface area contributed by atoms with Gasteiger partial charge in [-0.1, -0.05) is 42.5 Å². The molecule has 0 aliphatic carbocycles. The van der Waals surface area contributed by atoms with Gasteiger partial charge < -0.3 is 9.30 Å². The van der Waals surface area contributed by atoms with Crippen LogP contribution in [0, 0.1) is 6.92 Å². The topological polar surface area (TPSA) is 11.5 Å². The van der Waals surface area contributed by atoms with E-state index in [0.717, 1.165) is 60.2 Å². The maximum Gasteiger partial charge on any atom is 0.397 e. The monoisotopic (exact) mass is 524 g/mol. The van der Waals surface area contributed by atoms with Gasteiger partial charge in [0, 0.05) is 36.3 Å². The Bertz CT molecular complexity index is 2130. The summed E-state index contributed by atoms with van der Waals surface area (Å²) in [6, 6.07) is 20.0. The Morgan fingerprint density at radius 3 is 2.10 bits per heavy atom. The molecule has 0 spiro atoms. The zero-order valence-electron chi connectivity index (χ0n) is 22.8. The van der Waals surface area contributed by atoms with Crippen LogP contribution in [0.15, 0.2) is 66.9 Å². The van der Waals surface area contributed by atoms with Crippen molar-refractivity contribution in [2.24, 2.45) is 7.05 Å². The van der Waals surface area contributed by atoms with Crippen LogP contribution in [0.2, 0.25) is 0 Å². The molecular formula is C33H29F3N3+. The SMILES string of the molecule is Cc1c2ccccc2c(N(C)C)c2c1c1c3c(cc[n+]1C)cc(C(C)(C)C(F)(F)F)c1c4ccccc4n2c13. The summed E-state index contributed by atoms with van der Waals surface area (Å²) >= 11 is 0. The minimum atomic E-state index is -4.41. The van der Waals surface area contributed by atoms with Gasteiger partial charge in [-0.3, -0.25) is 0 Å². The highest BCUT2D eigenvalue weighted by Crippen LogP contribution is 2.51. The highest BCUT2D eigenvalue weighted by atomic mass is 19.4. The molecule has 0 bridgehead atoms. The van der Waals surface area contributed by atoms with E-state index in [1.54, 1.807) is 6.07 Å². The van der Waals surface area contributed by atoms with Gasteiger partial charge in [0.05, 0.1) is 38.4 Å². The van der Waals surface area contributed by atoms with Crippen molar-refractivity contribution < 1.29 is 17.7 Å². The molecule has 7 rings (SSSR count). The quantitative estimate of drug-likeness (QED) is 0.126. The van der Waals surface area contributed by atoms with Crippen molar-refractivity contribution in [3.63, 3.8) is 0 Å². The number of fused-ring (bicyclic) bond motifs is 7. The van der Waals surface area contributed by atoms with E-state index in [1.807, 2.05) is 63.7 Å². The van der Waals surface area contributed by atoms with Crippen LogP contribution >= 0.6 is 0 Å². The van der Waals surface area contributed by atoms with Gasteiger partial charge in [-0.05, 0) is 54.8 Å². The second kappa shape index (κ2) is 7.53. The van der Waals surface area contributed by atoms with Crippen LogP contribution in [0.5, 0.6) is 0 Å². The fraction of sp³-hybridized carbons (Fsp3) is 0.242. The van der Waals surface area contributed by atoms with Crippen LogP contribution in [0.25, 0.3) is 59.8 Å². The Kier molecular flexibility index (Phi) is 4.64. The minimum Gasteiger partial charge on any atom is -0.375 e. The minimum absolute atomic E-state index is 0.305. The third-order valence-corrected chi connectivity index (χ3v) is 8.75. The van der Waals surface area contributed by atoms with Crippen molar-refractivity contribution in [2.75, 3.05) is 19.0 Å². The average Bonchev–Trinajstić information content (AvgIpc) is 3.23. The molecule has 3 nitrogen and oxygen atoms in total. The van der Waals surface area contributed by atoms with E-state index >= 15 is 0 Å². The summed E-state index contributed by atoms with van der Waals surface area (Å²) < 4.78 is 48.2. The van der Waals surface area contributed by atoms with E-state index < -0.39 is 11.6 Å². The lowest BCUT2D eigenvalue weighted by molar-refractivity contribution is -0.643. The first kappa shape index (κ1) is 24.0. The van der Waals surface area contributed by atoms with Crippen LogP contribution in [0.3, 0.4) is 0 Å². The first-order chi connectivity index (χ1) is 18.4. The van der Waals surface area contributed by atoms with Crippen LogP contribution in [0.1, 0.15) is 25.0 Å². The van der Waals surface area contributed by atoms with Gasteiger partial charge in [-0.25, -0.2) is 4.57 Å². The molecule has 6 heteroatoms. The Labute approximate surface area is 224 Å². The summed E-state index contributed by atoms with van der Waals surface area (Å²) in [5.41, 5.74) is 4.28. The average molecular weight is 525 g/mol. The number of hydrogen-bond donors (Lipinski definition) is 0. The van der Waals surface area contributed by atoms with Gasteiger partial charge in [0.1, 0.15) is 7.05 Å². The lowest BCUT2D eigenvalue weighted by Crippen LogP contribution is -2.36. The van der Waals surface area contributed by atoms with E-state index in [-0.39, 0.29) is 0 Å². The van der Waals surface area contributed by atoms with Gasteiger partial charge in [0.25, 0.3) is 0 Å². The Hall–Kier alpha value is -4.06. The molecule has 0 N–H and O–H groups in total. The number of aromatic nitrogens is 2. The molecule has 0 aliphatic heterocycles. The van der Waals surface area contributed by atoms with E-state index in [4.69, 9.17) is 0 Å². The first-order valence-corrected chi connectivity index (χ1v) is 13.1. The van der Waals surface area contributed by atoms with Gasteiger partial charge >= 0.3 is 6.18 Å². The third kappa shape index (κ3) is 2.86. The molecule has 0 unspecified atom stereocenters. The summed E-state index contributed by atoms with van der Waals surface area (Å²) in [4.78, 5) is 2.13. The van der Waals surface area contributed by atoms with Crippen LogP contribution in [-0.2, 0) is 12.5 Å². The predicted molar refractivity (Wildman–Crippen MR) is 155 cm³/mol. The smallest absolute Gasteiger partial charge is 0.375 e. The Morgan fingerprint density at radius 1 is 0.795 bits per heavy atom. The molecule has 196 valence electrons. The van der Waals surface area contributed by atoms with E-state index in [9.17, 15) is 13.2 Å². The standard InChI is InChI=1S/C33H29F3N3/c1-18-20-11-7-8-12-21(20)28(37(4)5)31-25(18)29-26-19(15-16-38(29)6)17-23(32(2,3)33(34,35)36)27-22-13-9-10-14-24(22)39(31)30(26)27/h7-17H,1-6H3/q+1. The molecule has 39 heavy (non-hydrogen) atoms. The molecule has 0 fully saturated rings. The summed E-state index contributed by atoms with van der Waals surface area (Å²) in [5, 5.41) is 6.72. The third-order valence-electron chi connectivity index (χ3n) is 8.75. The molecule has 0 radical (unpaired) electrons. The molecule has 0 amide bonds. The lowest BCUT2D eigenvalue weighted by atomic mass is 9.80. The van der Waals surface area contributed by atoms with Crippen LogP contribution in [0.4, 0.5) is 18.9 Å². The molecule has 3 aromatic heterocycles. The van der Waals surface area contributed by atoms with Crippen molar-refractivity contribution in [2.45, 2.75) is 32.4 Å². The number of para-hydroxylation sites is 1. The fourth-order valence-electron chi connectivity index (χ4n) is 6.72. The number of anilines is 1. The molecule has 0 atom stereocenters. The zero-order valence-corrected chi connectivity index (χ0v) is 22.8. The van der Waals surface area contributed by atoms with Gasteiger partial charge in [0.15, 0.2) is 6.20 Å². The first-order valence-electron chi connectivity index (χ1n) is 13.1. The van der Waals surface area contributed by atoms with Crippen molar-refractivity contribution in [3.05, 3.63) is 78.0 Å². The number of halogens is 3. The Morgan fingerprint density at radius 2 is 1.44 bits per heavy atom. The largest absolute Gasteiger partial charge is 0.397 e. The summed E-state index contributed by atoms with van der Waals surface area (Å²) in [7, 11) is 6.11. The van der Waals surface area contributed by atoms with Crippen LogP contribution in [-0.4, -0.2) is 24.7 Å². The molecule has 7 aromatic rings. The summed E-state index contributed by atoms with van der Waals surface area (Å²) in [6.07, 6.45) is -2.44. The number of aryl methyl sites for hydroxylation is 2. The predicted octanol–water partition coefficient (Wildman–Crippen LogP) is 8.18. The number of nitrogens with zero attached hydrogens (tertiary/aromatic N) is 3. The number of benzene rings is 4. The van der Waals surface area contributed by atoms with Crippen molar-refractivity contribution in [1.29, 1.82) is 0 Å². The summed E-state index contributed by atoms with van der Waals surface area (Å²) in [6.45, 7) is 4.76. The Balaban J connectivity index is 1.95. The number of alkyl halides is 3. The molecule has 3 heterocycles. The lowest BCUT2D eigenvalue weighted by Gasteiger charge is -2.30. The maximum absolute atomic E-state index is 14.6. The van der Waals surface area contributed by atoms with Crippen LogP contribution < -0.4 is 9.47 Å². The summed E-state index contributed by atoms with van der Waals surface area (Å²) in [5.74, 6) is 0. The zero-order chi connectivity index (χ0) is 27.6. The van der Waals surface area contributed by atoms with Gasteiger partial charge in [-0.15, -0.1) is 0 Å². The molecule has 0 aliphatic rings. The highest BCUT2D eigenvalue weighted by molar-refractivity contribution is 6.31. The number of hydrogen-bond acceptors (Lipinski definition) is 1. The van der Waals surface area contributed by atoms with E-state index in [1.165, 1.54) is 19.2 Å². The normalized spacial score (nSPS) is 13.3. The van der Waals surface area contributed by atoms with Crippen molar-refractivity contribution in [1.82, 2.24) is 4.40 Å². The second-order valence-corrected chi connectivity index (χ2v) is 11.5. The van der Waals surface area contributed by atoms with E-state index in [0.29, 0.717) is 10.9 Å². The molecule has 0 saturated heterocycles. The number of rotatable bonds is 2. The molecule has 0 saturated carbocycles. The fourth-order valence-corrected chi connectivity index (χ4v) is 6.72.